The van der Waals surface area contributed by atoms with E-state index in [1.165, 1.54) is 36.4 Å². The molecule has 0 fully saturated rings. The van der Waals surface area contributed by atoms with Gasteiger partial charge in [0, 0.05) is 5.56 Å². The molecular formula is C18H9F3N4O3. The Morgan fingerprint density at radius 1 is 1.11 bits per heavy atom. The summed E-state index contributed by atoms with van der Waals surface area (Å²) in [5.74, 6) is -1.99. The highest BCUT2D eigenvalue weighted by Crippen LogP contribution is 2.32. The van der Waals surface area contributed by atoms with E-state index in [9.17, 15) is 23.1 Å². The van der Waals surface area contributed by atoms with Crippen molar-refractivity contribution in [3.63, 3.8) is 0 Å². The average Bonchev–Trinajstić information content (AvgIpc) is 2.68. The zero-order valence-corrected chi connectivity index (χ0v) is 13.8. The third kappa shape index (κ3) is 4.04. The van der Waals surface area contributed by atoms with Crippen molar-refractivity contribution >= 4 is 5.97 Å². The number of halogens is 3. The third-order valence-electron chi connectivity index (χ3n) is 3.50. The van der Waals surface area contributed by atoms with Crippen LogP contribution >= 0.6 is 0 Å². The maximum atomic E-state index is 12.9. The molecule has 0 atom stereocenters. The highest BCUT2D eigenvalue weighted by atomic mass is 19.4. The van der Waals surface area contributed by atoms with Crippen LogP contribution in [0.15, 0.2) is 48.5 Å². The fourth-order valence-corrected chi connectivity index (χ4v) is 2.18. The van der Waals surface area contributed by atoms with Crippen LogP contribution in [0.3, 0.4) is 0 Å². The molecule has 0 spiro atoms. The van der Waals surface area contributed by atoms with Crippen molar-refractivity contribution in [2.75, 3.05) is 0 Å². The van der Waals surface area contributed by atoms with Crippen LogP contribution in [0.2, 0.25) is 0 Å². The Bertz CT molecular complexity index is 1080. The van der Waals surface area contributed by atoms with Crippen LogP contribution in [0.4, 0.5) is 13.2 Å². The molecule has 1 heterocycles. The minimum absolute atomic E-state index is 0.0102. The number of aromatic nitrogens is 3. The van der Waals surface area contributed by atoms with E-state index in [4.69, 9.17) is 10.00 Å². The molecular weight excluding hydrogens is 377 g/mol. The Kier molecular flexibility index (Phi) is 4.91. The first kappa shape index (κ1) is 18.8. The van der Waals surface area contributed by atoms with E-state index < -0.39 is 29.3 Å². The van der Waals surface area contributed by atoms with E-state index in [1.807, 2.05) is 6.07 Å². The summed E-state index contributed by atoms with van der Waals surface area (Å²) < 4.78 is 44.1. The van der Waals surface area contributed by atoms with E-state index >= 15 is 0 Å². The first-order valence-electron chi connectivity index (χ1n) is 7.61. The van der Waals surface area contributed by atoms with Crippen molar-refractivity contribution in [2.24, 2.45) is 0 Å². The molecule has 3 aromatic rings. The number of nitriles is 1. The Morgan fingerprint density at radius 2 is 1.82 bits per heavy atom. The molecule has 0 aliphatic carbocycles. The van der Waals surface area contributed by atoms with E-state index in [-0.39, 0.29) is 17.1 Å². The number of benzene rings is 2. The largest absolute Gasteiger partial charge is 0.476 e. The predicted octanol–water partition coefficient (Wildman–Crippen LogP) is 3.92. The molecule has 1 aromatic heterocycles. The monoisotopic (exact) mass is 386 g/mol. The molecule has 28 heavy (non-hydrogen) atoms. The molecule has 0 unspecified atom stereocenters. The van der Waals surface area contributed by atoms with Crippen molar-refractivity contribution in [3.8, 4) is 29.1 Å². The van der Waals surface area contributed by atoms with Gasteiger partial charge < -0.3 is 9.84 Å². The zero-order chi connectivity index (χ0) is 20.3. The van der Waals surface area contributed by atoms with Gasteiger partial charge in [-0.05, 0) is 36.4 Å². The first-order chi connectivity index (χ1) is 13.3. The van der Waals surface area contributed by atoms with Crippen molar-refractivity contribution in [3.05, 3.63) is 65.4 Å². The molecule has 3 rings (SSSR count). The minimum atomic E-state index is -4.56. The Hall–Kier alpha value is -4.00. The maximum Gasteiger partial charge on any atom is 0.416 e. The fourth-order valence-electron chi connectivity index (χ4n) is 2.18. The van der Waals surface area contributed by atoms with E-state index in [0.717, 1.165) is 12.1 Å². The Balaban J connectivity index is 2.02. The van der Waals surface area contributed by atoms with Gasteiger partial charge in [-0.3, -0.25) is 0 Å². The van der Waals surface area contributed by atoms with Crippen LogP contribution in [0.1, 0.15) is 21.6 Å². The number of carboxylic acid groups (broad SMARTS) is 1. The second-order valence-corrected chi connectivity index (χ2v) is 5.41. The molecule has 0 radical (unpaired) electrons. The fraction of sp³-hybridized carbons (Fsp3) is 0.0556. The highest BCUT2D eigenvalue weighted by molar-refractivity contribution is 5.88. The second kappa shape index (κ2) is 7.32. The molecule has 0 aliphatic heterocycles. The molecule has 0 saturated carbocycles. The van der Waals surface area contributed by atoms with Crippen LogP contribution in [0.5, 0.6) is 11.6 Å². The molecule has 7 nitrogen and oxygen atoms in total. The lowest BCUT2D eigenvalue weighted by Gasteiger charge is -2.10. The van der Waals surface area contributed by atoms with Crippen LogP contribution in [0, 0.1) is 11.3 Å². The van der Waals surface area contributed by atoms with Gasteiger partial charge in [0.2, 0.25) is 5.69 Å². The first-order valence-corrected chi connectivity index (χ1v) is 7.61. The summed E-state index contributed by atoms with van der Waals surface area (Å²) in [6.45, 7) is 0. The normalized spacial score (nSPS) is 10.9. The molecule has 10 heteroatoms. The van der Waals surface area contributed by atoms with Gasteiger partial charge in [-0.1, -0.05) is 12.1 Å². The van der Waals surface area contributed by atoms with Crippen LogP contribution < -0.4 is 4.74 Å². The van der Waals surface area contributed by atoms with Crippen molar-refractivity contribution in [1.29, 1.82) is 5.26 Å². The molecule has 0 aliphatic rings. The minimum Gasteiger partial charge on any atom is -0.476 e. The third-order valence-corrected chi connectivity index (χ3v) is 3.50. The number of carboxylic acids is 1. The Morgan fingerprint density at radius 3 is 2.43 bits per heavy atom. The standard InChI is InChI=1S/C18H9F3N4O3/c19-18(20,21)12-3-1-2-11(8-12)15-23-16(14(17(26)27)24-25-15)28-13-6-4-10(9-22)5-7-13/h1-8H,(H,26,27). The lowest BCUT2D eigenvalue weighted by atomic mass is 10.1. The zero-order valence-electron chi connectivity index (χ0n) is 13.8. The summed E-state index contributed by atoms with van der Waals surface area (Å²) in [5, 5.41) is 25.1. The van der Waals surface area contributed by atoms with Gasteiger partial charge in [0.05, 0.1) is 17.2 Å². The van der Waals surface area contributed by atoms with Gasteiger partial charge >= 0.3 is 12.1 Å². The van der Waals surface area contributed by atoms with E-state index in [0.29, 0.717) is 5.56 Å². The van der Waals surface area contributed by atoms with Gasteiger partial charge in [0.15, 0.2) is 5.82 Å². The summed E-state index contributed by atoms with van der Waals surface area (Å²) in [4.78, 5) is 15.2. The molecule has 0 bridgehead atoms. The summed E-state index contributed by atoms with van der Waals surface area (Å²) in [5.41, 5.74) is -1.18. The average molecular weight is 386 g/mol. The SMILES string of the molecule is N#Cc1ccc(Oc2nc(-c3cccc(C(F)(F)F)c3)nnc2C(=O)O)cc1. The molecule has 0 saturated heterocycles. The van der Waals surface area contributed by atoms with Crippen molar-refractivity contribution < 1.29 is 27.8 Å². The number of carbonyl (C=O) groups is 1. The number of hydrogen-bond acceptors (Lipinski definition) is 6. The number of alkyl halides is 3. The van der Waals surface area contributed by atoms with Gasteiger partial charge in [-0.15, -0.1) is 10.2 Å². The van der Waals surface area contributed by atoms with Gasteiger partial charge in [-0.2, -0.15) is 23.4 Å². The van der Waals surface area contributed by atoms with Crippen LogP contribution in [0.25, 0.3) is 11.4 Å². The summed E-state index contributed by atoms with van der Waals surface area (Å²) >= 11 is 0. The van der Waals surface area contributed by atoms with Crippen molar-refractivity contribution in [2.45, 2.75) is 6.18 Å². The van der Waals surface area contributed by atoms with Crippen LogP contribution in [-0.2, 0) is 6.18 Å². The highest BCUT2D eigenvalue weighted by Gasteiger charge is 2.31. The van der Waals surface area contributed by atoms with E-state index in [1.54, 1.807) is 0 Å². The second-order valence-electron chi connectivity index (χ2n) is 5.41. The number of ether oxygens (including phenoxy) is 1. The number of rotatable bonds is 4. The quantitative estimate of drug-likeness (QED) is 0.724. The molecule has 2 aromatic carbocycles. The van der Waals surface area contributed by atoms with Crippen LogP contribution in [-0.4, -0.2) is 26.3 Å². The summed E-state index contributed by atoms with van der Waals surface area (Å²) in [6, 6.07) is 11.8. The molecule has 1 N–H and O–H groups in total. The summed E-state index contributed by atoms with van der Waals surface area (Å²) in [7, 11) is 0. The van der Waals surface area contributed by atoms with Crippen molar-refractivity contribution in [1.82, 2.24) is 15.2 Å². The lowest BCUT2D eigenvalue weighted by molar-refractivity contribution is -0.137. The molecule has 140 valence electrons. The maximum absolute atomic E-state index is 12.9. The number of aromatic carboxylic acids is 1. The smallest absolute Gasteiger partial charge is 0.416 e. The molecule has 0 amide bonds. The van der Waals surface area contributed by atoms with Gasteiger partial charge in [0.25, 0.3) is 5.88 Å². The van der Waals surface area contributed by atoms with Gasteiger partial charge in [0.1, 0.15) is 5.75 Å². The Labute approximate surface area is 155 Å². The predicted molar refractivity (Wildman–Crippen MR) is 88.5 cm³/mol. The number of nitrogens with zero attached hydrogens (tertiary/aromatic N) is 4. The summed E-state index contributed by atoms with van der Waals surface area (Å²) in [6.07, 6.45) is -4.56. The lowest BCUT2D eigenvalue weighted by Crippen LogP contribution is -2.09. The number of hydrogen-bond donors (Lipinski definition) is 1. The topological polar surface area (TPSA) is 109 Å². The van der Waals surface area contributed by atoms with Gasteiger partial charge in [-0.25, -0.2) is 4.79 Å². The van der Waals surface area contributed by atoms with E-state index in [2.05, 4.69) is 15.2 Å².